The Morgan fingerprint density at radius 2 is 2.00 bits per heavy atom. The first-order valence-corrected chi connectivity index (χ1v) is 10.2. The van der Waals surface area contributed by atoms with Crippen molar-refractivity contribution in [3.63, 3.8) is 0 Å². The van der Waals surface area contributed by atoms with Gasteiger partial charge in [-0.15, -0.1) is 5.10 Å². The number of hydrazine groups is 1. The minimum atomic E-state index is -0.876. The van der Waals surface area contributed by atoms with E-state index in [1.54, 1.807) is 0 Å². The molecular formula is C16H24N6O4S. The second kappa shape index (κ2) is 8.15. The zero-order valence-electron chi connectivity index (χ0n) is 15.2. The van der Waals surface area contributed by atoms with Crippen LogP contribution in [0, 0.1) is 0 Å². The van der Waals surface area contributed by atoms with E-state index >= 15 is 0 Å². The van der Waals surface area contributed by atoms with Crippen molar-refractivity contribution in [2.75, 3.05) is 5.75 Å². The lowest BCUT2D eigenvalue weighted by Crippen LogP contribution is -2.51. The number of thioether (sulfide) groups is 1. The van der Waals surface area contributed by atoms with Crippen molar-refractivity contribution < 1.29 is 14.4 Å². The summed E-state index contributed by atoms with van der Waals surface area (Å²) in [5.41, 5.74) is 1.18. The number of rotatable bonds is 7. The SMILES string of the molecule is CCCCn1c(SCC(=O)NN2C(=O)NC3(CCCCC3)C2=O)n[nH]c1=O. The van der Waals surface area contributed by atoms with Crippen LogP contribution in [0.25, 0.3) is 0 Å². The lowest BCUT2D eigenvalue weighted by molar-refractivity contribution is -0.139. The predicted octanol–water partition coefficient (Wildman–Crippen LogP) is 0.749. The first-order valence-electron chi connectivity index (χ1n) is 9.21. The quantitative estimate of drug-likeness (QED) is 0.461. The topological polar surface area (TPSA) is 129 Å². The number of aromatic amines is 1. The van der Waals surface area contributed by atoms with Gasteiger partial charge in [-0.2, -0.15) is 5.01 Å². The summed E-state index contributed by atoms with van der Waals surface area (Å²) in [7, 11) is 0. The van der Waals surface area contributed by atoms with Gasteiger partial charge in [-0.1, -0.05) is 44.4 Å². The molecule has 3 rings (SSSR count). The van der Waals surface area contributed by atoms with Crippen molar-refractivity contribution in [3.05, 3.63) is 10.5 Å². The van der Waals surface area contributed by atoms with Gasteiger partial charge < -0.3 is 5.32 Å². The third kappa shape index (κ3) is 4.02. The molecule has 1 aromatic heterocycles. The number of nitrogens with one attached hydrogen (secondary N) is 3. The summed E-state index contributed by atoms with van der Waals surface area (Å²) in [5, 5.41) is 10.2. The Morgan fingerprint density at radius 3 is 2.70 bits per heavy atom. The molecule has 0 radical (unpaired) electrons. The Balaban J connectivity index is 1.58. The van der Waals surface area contributed by atoms with Crippen molar-refractivity contribution in [1.29, 1.82) is 0 Å². The Labute approximate surface area is 160 Å². The van der Waals surface area contributed by atoms with Crippen molar-refractivity contribution in [3.8, 4) is 0 Å². The highest BCUT2D eigenvalue weighted by atomic mass is 32.2. The van der Waals surface area contributed by atoms with Crippen LogP contribution in [-0.2, 0) is 16.1 Å². The molecule has 148 valence electrons. The Hall–Kier alpha value is -2.30. The van der Waals surface area contributed by atoms with Crippen LogP contribution in [0.3, 0.4) is 0 Å². The van der Waals surface area contributed by atoms with Gasteiger partial charge >= 0.3 is 11.7 Å². The number of hydrogen-bond acceptors (Lipinski definition) is 6. The molecule has 10 nitrogen and oxygen atoms in total. The fraction of sp³-hybridized carbons (Fsp3) is 0.688. The molecule has 1 aromatic rings. The van der Waals surface area contributed by atoms with Crippen molar-refractivity contribution in [2.24, 2.45) is 0 Å². The van der Waals surface area contributed by atoms with E-state index in [1.807, 2.05) is 6.92 Å². The number of imide groups is 1. The van der Waals surface area contributed by atoms with Gasteiger partial charge in [-0.05, 0) is 19.3 Å². The van der Waals surface area contributed by atoms with E-state index < -0.39 is 23.4 Å². The minimum Gasteiger partial charge on any atom is -0.322 e. The molecule has 1 spiro atoms. The van der Waals surface area contributed by atoms with Crippen LogP contribution >= 0.6 is 11.8 Å². The van der Waals surface area contributed by atoms with Gasteiger partial charge in [-0.3, -0.25) is 19.6 Å². The molecule has 27 heavy (non-hydrogen) atoms. The van der Waals surface area contributed by atoms with Crippen LogP contribution < -0.4 is 16.4 Å². The van der Waals surface area contributed by atoms with Crippen LogP contribution in [0.2, 0.25) is 0 Å². The molecule has 0 aromatic carbocycles. The van der Waals surface area contributed by atoms with Crippen molar-refractivity contribution >= 4 is 29.6 Å². The van der Waals surface area contributed by atoms with Gasteiger partial charge in [0.05, 0.1) is 5.75 Å². The molecule has 4 amide bonds. The molecule has 1 saturated heterocycles. The highest BCUT2D eigenvalue weighted by Crippen LogP contribution is 2.33. The van der Waals surface area contributed by atoms with Crippen molar-refractivity contribution in [2.45, 2.75) is 69.1 Å². The summed E-state index contributed by atoms with van der Waals surface area (Å²) in [4.78, 5) is 48.8. The van der Waals surface area contributed by atoms with Crippen molar-refractivity contribution in [1.82, 2.24) is 30.5 Å². The summed E-state index contributed by atoms with van der Waals surface area (Å²) in [6.45, 7) is 2.54. The molecule has 0 unspecified atom stereocenters. The van der Waals surface area contributed by atoms with E-state index in [9.17, 15) is 19.2 Å². The maximum Gasteiger partial charge on any atom is 0.344 e. The van der Waals surface area contributed by atoms with Gasteiger partial charge in [0, 0.05) is 6.54 Å². The number of unbranched alkanes of at least 4 members (excludes halogenated alkanes) is 1. The number of hydrogen-bond donors (Lipinski definition) is 3. The van der Waals surface area contributed by atoms with Crippen LogP contribution in [0.4, 0.5) is 4.79 Å². The molecular weight excluding hydrogens is 372 g/mol. The number of aromatic nitrogens is 3. The molecule has 2 heterocycles. The first kappa shape index (κ1) is 19.5. The third-order valence-corrected chi connectivity index (χ3v) is 5.87. The number of carbonyl (C=O) groups excluding carboxylic acids is 3. The molecule has 0 atom stereocenters. The number of H-pyrrole nitrogens is 1. The molecule has 2 aliphatic rings. The van der Waals surface area contributed by atoms with Gasteiger partial charge in [0.2, 0.25) is 5.91 Å². The smallest absolute Gasteiger partial charge is 0.322 e. The number of nitrogens with zero attached hydrogens (tertiary/aromatic N) is 3. The lowest BCUT2D eigenvalue weighted by Gasteiger charge is -2.30. The van der Waals surface area contributed by atoms with E-state index in [0.717, 1.165) is 48.9 Å². The number of urea groups is 1. The highest BCUT2D eigenvalue weighted by molar-refractivity contribution is 7.99. The standard InChI is InChI=1S/C16H24N6O4S/c1-2-3-9-21-14(26)18-19-15(21)27-10-11(23)20-22-12(24)16(17-13(22)25)7-5-4-6-8-16/h2-10H2,1H3,(H,17,25)(H,18,26)(H,20,23). The lowest BCUT2D eigenvalue weighted by atomic mass is 9.82. The van der Waals surface area contributed by atoms with E-state index in [-0.39, 0.29) is 11.4 Å². The molecule has 1 aliphatic heterocycles. The third-order valence-electron chi connectivity index (χ3n) is 4.90. The zero-order valence-corrected chi connectivity index (χ0v) is 16.1. The second-order valence-corrected chi connectivity index (χ2v) is 7.80. The molecule has 3 N–H and O–H groups in total. The van der Waals surface area contributed by atoms with Gasteiger partial charge in [-0.25, -0.2) is 14.7 Å². The first-order chi connectivity index (χ1) is 13.0. The highest BCUT2D eigenvalue weighted by Gasteiger charge is 2.52. The summed E-state index contributed by atoms with van der Waals surface area (Å²) < 4.78 is 1.48. The van der Waals surface area contributed by atoms with Crippen LogP contribution in [-0.4, -0.2) is 48.9 Å². The zero-order chi connectivity index (χ0) is 19.4. The largest absolute Gasteiger partial charge is 0.344 e. The van der Waals surface area contributed by atoms with Gasteiger partial charge in [0.15, 0.2) is 5.16 Å². The maximum absolute atomic E-state index is 12.6. The van der Waals surface area contributed by atoms with Crippen LogP contribution in [0.15, 0.2) is 9.95 Å². The molecule has 1 aliphatic carbocycles. The van der Waals surface area contributed by atoms with E-state index in [4.69, 9.17) is 0 Å². The Morgan fingerprint density at radius 1 is 1.26 bits per heavy atom. The summed E-state index contributed by atoms with van der Waals surface area (Å²) in [5.74, 6) is -0.973. The fourth-order valence-electron chi connectivity index (χ4n) is 3.43. The Kier molecular flexibility index (Phi) is 5.88. The maximum atomic E-state index is 12.6. The van der Waals surface area contributed by atoms with E-state index in [0.29, 0.717) is 24.5 Å². The monoisotopic (exact) mass is 396 g/mol. The fourth-order valence-corrected chi connectivity index (χ4v) is 4.19. The van der Waals surface area contributed by atoms with Gasteiger partial charge in [0.25, 0.3) is 5.91 Å². The Bertz CT molecular complexity index is 782. The number of carbonyl (C=O) groups is 3. The summed E-state index contributed by atoms with van der Waals surface area (Å²) >= 11 is 1.08. The minimum absolute atomic E-state index is 0.0690. The average Bonchev–Trinajstić information content (AvgIpc) is 3.11. The molecule has 2 fully saturated rings. The summed E-state index contributed by atoms with van der Waals surface area (Å²) in [6, 6.07) is -0.597. The second-order valence-electron chi connectivity index (χ2n) is 6.85. The van der Waals surface area contributed by atoms with Crippen LogP contribution in [0.1, 0.15) is 51.9 Å². The molecule has 11 heteroatoms. The van der Waals surface area contributed by atoms with Crippen LogP contribution in [0.5, 0.6) is 0 Å². The summed E-state index contributed by atoms with van der Waals surface area (Å²) in [6.07, 6.45) is 5.72. The van der Waals surface area contributed by atoms with Gasteiger partial charge in [0.1, 0.15) is 5.54 Å². The number of amides is 4. The van der Waals surface area contributed by atoms with E-state index in [1.165, 1.54) is 4.57 Å². The normalized spacial score (nSPS) is 18.8. The predicted molar refractivity (Wildman–Crippen MR) is 97.8 cm³/mol. The molecule has 1 saturated carbocycles. The molecule has 0 bridgehead atoms. The average molecular weight is 396 g/mol. The van der Waals surface area contributed by atoms with E-state index in [2.05, 4.69) is 20.9 Å².